The highest BCUT2D eigenvalue weighted by atomic mass is 19.4. The van der Waals surface area contributed by atoms with Crippen LogP contribution in [0, 0.1) is 11.3 Å². The van der Waals surface area contributed by atoms with Gasteiger partial charge in [-0.3, -0.25) is 5.43 Å². The molecule has 0 aliphatic carbocycles. The summed E-state index contributed by atoms with van der Waals surface area (Å²) in [5.74, 6) is 0.202. The molecule has 2 rings (SSSR count). The molecule has 0 bridgehead atoms. The minimum atomic E-state index is -4.41. The molecule has 21 heavy (non-hydrogen) atoms. The minimum Gasteiger partial charge on any atom is -0.261 e. The second kappa shape index (κ2) is 6.05. The molecule has 0 spiro atoms. The van der Waals surface area contributed by atoms with Crippen molar-refractivity contribution in [1.82, 2.24) is 4.98 Å². The standard InChI is InChI=1S/C14H9F3N4/c15-14(16,17)12-5-6-13(19-9-12)21-20-8-11-3-1-10(7-18)2-4-11/h1-6,8-9H,(H,19,21)/b20-8-. The zero-order valence-electron chi connectivity index (χ0n) is 10.6. The van der Waals surface area contributed by atoms with Crippen molar-refractivity contribution in [3.8, 4) is 6.07 Å². The molecule has 0 radical (unpaired) electrons. The van der Waals surface area contributed by atoms with Gasteiger partial charge in [0.05, 0.1) is 23.4 Å². The Labute approximate surface area is 118 Å². The summed E-state index contributed by atoms with van der Waals surface area (Å²) in [6, 6.07) is 10.8. The van der Waals surface area contributed by atoms with Crippen molar-refractivity contribution in [2.45, 2.75) is 6.18 Å². The molecule has 1 aromatic carbocycles. The van der Waals surface area contributed by atoms with Gasteiger partial charge in [0.25, 0.3) is 0 Å². The lowest BCUT2D eigenvalue weighted by Gasteiger charge is -2.06. The largest absolute Gasteiger partial charge is 0.417 e. The van der Waals surface area contributed by atoms with E-state index >= 15 is 0 Å². The summed E-state index contributed by atoms with van der Waals surface area (Å²) >= 11 is 0. The fourth-order valence-corrected chi connectivity index (χ4v) is 1.44. The monoisotopic (exact) mass is 290 g/mol. The highest BCUT2D eigenvalue weighted by Crippen LogP contribution is 2.28. The molecule has 0 aliphatic rings. The Morgan fingerprint density at radius 2 is 1.86 bits per heavy atom. The van der Waals surface area contributed by atoms with Crippen molar-refractivity contribution in [2.24, 2.45) is 5.10 Å². The molecular formula is C14H9F3N4. The normalized spacial score (nSPS) is 11.3. The second-order valence-corrected chi connectivity index (χ2v) is 4.03. The van der Waals surface area contributed by atoms with Crippen LogP contribution in [0.2, 0.25) is 0 Å². The number of rotatable bonds is 3. The number of anilines is 1. The summed E-state index contributed by atoms with van der Waals surface area (Å²) in [6.45, 7) is 0. The van der Waals surface area contributed by atoms with E-state index in [1.54, 1.807) is 24.3 Å². The lowest BCUT2D eigenvalue weighted by molar-refractivity contribution is -0.137. The highest BCUT2D eigenvalue weighted by Gasteiger charge is 2.30. The Morgan fingerprint density at radius 3 is 2.38 bits per heavy atom. The first-order valence-electron chi connectivity index (χ1n) is 5.81. The fourth-order valence-electron chi connectivity index (χ4n) is 1.44. The van der Waals surface area contributed by atoms with Gasteiger partial charge >= 0.3 is 6.18 Å². The van der Waals surface area contributed by atoms with E-state index in [0.717, 1.165) is 17.8 Å². The molecule has 1 heterocycles. The van der Waals surface area contributed by atoms with Crippen LogP contribution in [-0.4, -0.2) is 11.2 Å². The first kappa shape index (κ1) is 14.5. The first-order chi connectivity index (χ1) is 9.99. The van der Waals surface area contributed by atoms with Gasteiger partial charge in [-0.25, -0.2) is 4.98 Å². The van der Waals surface area contributed by atoms with E-state index in [4.69, 9.17) is 5.26 Å². The average molecular weight is 290 g/mol. The molecule has 0 amide bonds. The van der Waals surface area contributed by atoms with Crippen molar-refractivity contribution in [3.05, 3.63) is 59.3 Å². The summed E-state index contributed by atoms with van der Waals surface area (Å²) in [5.41, 5.74) is 2.99. The number of pyridine rings is 1. The maximum absolute atomic E-state index is 12.3. The van der Waals surface area contributed by atoms with E-state index < -0.39 is 11.7 Å². The maximum Gasteiger partial charge on any atom is 0.417 e. The number of halogens is 3. The number of hydrogen-bond donors (Lipinski definition) is 1. The van der Waals surface area contributed by atoms with Crippen LogP contribution in [0.1, 0.15) is 16.7 Å². The van der Waals surface area contributed by atoms with Crippen molar-refractivity contribution in [1.29, 1.82) is 5.26 Å². The van der Waals surface area contributed by atoms with Crippen LogP contribution in [0.4, 0.5) is 19.0 Å². The average Bonchev–Trinajstić information content (AvgIpc) is 2.47. The molecule has 1 N–H and O–H groups in total. The lowest BCUT2D eigenvalue weighted by atomic mass is 10.2. The molecule has 4 nitrogen and oxygen atoms in total. The van der Waals surface area contributed by atoms with Crippen LogP contribution in [0.15, 0.2) is 47.7 Å². The van der Waals surface area contributed by atoms with Gasteiger partial charge in [-0.05, 0) is 29.8 Å². The molecule has 0 saturated heterocycles. The Bertz CT molecular complexity index is 667. The highest BCUT2D eigenvalue weighted by molar-refractivity contribution is 5.80. The molecule has 106 valence electrons. The molecular weight excluding hydrogens is 281 g/mol. The van der Waals surface area contributed by atoms with Crippen molar-refractivity contribution >= 4 is 12.0 Å². The van der Waals surface area contributed by atoms with Crippen molar-refractivity contribution in [3.63, 3.8) is 0 Å². The third-order valence-corrected chi connectivity index (χ3v) is 2.52. The van der Waals surface area contributed by atoms with E-state index in [-0.39, 0.29) is 5.82 Å². The van der Waals surface area contributed by atoms with Gasteiger partial charge < -0.3 is 0 Å². The van der Waals surface area contributed by atoms with E-state index in [1.165, 1.54) is 12.3 Å². The number of aromatic nitrogens is 1. The number of nitrogens with one attached hydrogen (secondary N) is 1. The van der Waals surface area contributed by atoms with Crippen LogP contribution >= 0.6 is 0 Å². The van der Waals surface area contributed by atoms with Crippen LogP contribution in [0.5, 0.6) is 0 Å². The number of hydrogen-bond acceptors (Lipinski definition) is 4. The second-order valence-electron chi connectivity index (χ2n) is 4.03. The third kappa shape index (κ3) is 4.04. The van der Waals surface area contributed by atoms with Gasteiger partial charge in [0.15, 0.2) is 0 Å². The Balaban J connectivity index is 1.99. The number of nitrogens with zero attached hydrogens (tertiary/aromatic N) is 3. The Hall–Kier alpha value is -2.88. The summed E-state index contributed by atoms with van der Waals surface area (Å²) in [4.78, 5) is 3.62. The van der Waals surface area contributed by atoms with Crippen LogP contribution < -0.4 is 5.43 Å². The number of alkyl halides is 3. The molecule has 2 aromatic rings. The first-order valence-corrected chi connectivity index (χ1v) is 5.81. The van der Waals surface area contributed by atoms with Crippen LogP contribution in [0.3, 0.4) is 0 Å². The maximum atomic E-state index is 12.3. The molecule has 1 aromatic heterocycles. The summed E-state index contributed by atoms with van der Waals surface area (Å²) in [6.07, 6.45) is -2.20. The Morgan fingerprint density at radius 1 is 1.14 bits per heavy atom. The third-order valence-electron chi connectivity index (χ3n) is 2.52. The van der Waals surface area contributed by atoms with E-state index in [9.17, 15) is 13.2 Å². The van der Waals surface area contributed by atoms with Crippen molar-refractivity contribution in [2.75, 3.05) is 5.43 Å². The molecule has 0 aliphatic heterocycles. The number of benzene rings is 1. The van der Waals surface area contributed by atoms with Gasteiger partial charge in [-0.2, -0.15) is 23.5 Å². The number of nitriles is 1. The van der Waals surface area contributed by atoms with Crippen LogP contribution in [-0.2, 0) is 6.18 Å². The number of hydrazone groups is 1. The summed E-state index contributed by atoms with van der Waals surface area (Å²) in [5, 5.41) is 12.5. The van der Waals surface area contributed by atoms with Gasteiger partial charge in [0, 0.05) is 6.20 Å². The molecule has 7 heteroatoms. The van der Waals surface area contributed by atoms with E-state index in [2.05, 4.69) is 15.5 Å². The lowest BCUT2D eigenvalue weighted by Crippen LogP contribution is -2.05. The molecule has 0 unspecified atom stereocenters. The van der Waals surface area contributed by atoms with Crippen LogP contribution in [0.25, 0.3) is 0 Å². The minimum absolute atomic E-state index is 0.202. The fraction of sp³-hybridized carbons (Fsp3) is 0.0714. The smallest absolute Gasteiger partial charge is 0.261 e. The Kier molecular flexibility index (Phi) is 4.18. The zero-order chi connectivity index (χ0) is 15.3. The predicted molar refractivity (Wildman–Crippen MR) is 71.6 cm³/mol. The van der Waals surface area contributed by atoms with Gasteiger partial charge in [-0.15, -0.1) is 0 Å². The van der Waals surface area contributed by atoms with E-state index in [0.29, 0.717) is 5.56 Å². The molecule has 0 fully saturated rings. The zero-order valence-corrected chi connectivity index (χ0v) is 10.6. The molecule has 0 atom stereocenters. The summed E-state index contributed by atoms with van der Waals surface area (Å²) in [7, 11) is 0. The predicted octanol–water partition coefficient (Wildman–Crippen LogP) is 3.42. The van der Waals surface area contributed by atoms with Gasteiger partial charge in [0.1, 0.15) is 5.82 Å². The SMILES string of the molecule is N#Cc1ccc(/C=N\Nc2ccc(C(F)(F)F)cn2)cc1. The van der Waals surface area contributed by atoms with Gasteiger partial charge in [0.2, 0.25) is 0 Å². The topological polar surface area (TPSA) is 61.1 Å². The van der Waals surface area contributed by atoms with Crippen molar-refractivity contribution < 1.29 is 13.2 Å². The molecule has 0 saturated carbocycles. The van der Waals surface area contributed by atoms with Gasteiger partial charge in [-0.1, -0.05) is 12.1 Å². The van der Waals surface area contributed by atoms with E-state index in [1.807, 2.05) is 6.07 Å². The quantitative estimate of drug-likeness (QED) is 0.696. The summed E-state index contributed by atoms with van der Waals surface area (Å²) < 4.78 is 37.0.